The molecule has 0 amide bonds. The van der Waals surface area contributed by atoms with Crippen molar-refractivity contribution in [3.8, 4) is 0 Å². The van der Waals surface area contributed by atoms with Crippen molar-refractivity contribution in [3.05, 3.63) is 82.9 Å². The number of unbranched alkanes of at least 4 members (excludes halogenated alkanes) is 60. The third-order valence-corrected chi connectivity index (χ3v) is 23.8. The zero-order valence-electron chi connectivity index (χ0n) is 66.8. The topological polar surface area (TPSA) is 114 Å². The largest absolute Gasteiger partial charge is 2.00 e. The Kier molecular flexibility index (Phi) is 63.5. The molecule has 6 nitrogen and oxygen atoms in total. The number of fused-ring (bicyclic) bond motifs is 2. The third kappa shape index (κ3) is 50.9. The van der Waals surface area contributed by atoms with E-state index in [2.05, 4.69) is 52.0 Å². The van der Waals surface area contributed by atoms with Crippen molar-refractivity contribution in [3.63, 3.8) is 0 Å². The fourth-order valence-corrected chi connectivity index (χ4v) is 16.6. The fourth-order valence-electron chi connectivity index (χ4n) is 15.6. The molecule has 0 N–H and O–H groups in total. The molecule has 0 heterocycles. The summed E-state index contributed by atoms with van der Waals surface area (Å²) in [6.45, 7) is 9.15. The Labute approximate surface area is 667 Å². The van der Waals surface area contributed by atoms with E-state index in [0.29, 0.717) is 0 Å². The first kappa shape index (κ1) is 95.9. The van der Waals surface area contributed by atoms with Gasteiger partial charge in [0, 0.05) is 0 Å². The molecule has 0 aliphatic heterocycles. The van der Waals surface area contributed by atoms with Gasteiger partial charge in [0.25, 0.3) is 0 Å². The first-order valence-corrected chi connectivity index (χ1v) is 46.8. The van der Waals surface area contributed by atoms with Crippen molar-refractivity contribution in [1.82, 2.24) is 0 Å². The van der Waals surface area contributed by atoms with Crippen molar-refractivity contribution in [2.75, 3.05) is 0 Å². The molecular weight excluding hydrogens is 1400 g/mol. The summed E-state index contributed by atoms with van der Waals surface area (Å²) in [5, 5.41) is 4.02. The van der Waals surface area contributed by atoms with Crippen molar-refractivity contribution in [2.24, 2.45) is 0 Å². The van der Waals surface area contributed by atoms with Gasteiger partial charge in [0.05, 0.1) is 9.79 Å². The maximum atomic E-state index is 11.9. The molecule has 576 valence electrons. The standard InChI is InChI=1S/2C46H80O3S.Ba/c2*1-3-5-7-9-11-13-15-17-19-21-23-25-27-29-31-33-35-42-37-38-43-39-40-44(50(47,48)49)41-46(43)45(42)36-34-32-30-28-26-24-22-20-18-16-14-12-10-8-6-4-2;/h2*37-41H,3-36H2,1-2H3,(H,47,48,49);/q;;+2/p-2. The smallest absolute Gasteiger partial charge is 0.744 e. The molecule has 0 saturated heterocycles. The molecule has 4 aromatic carbocycles. The van der Waals surface area contributed by atoms with Crippen LogP contribution >= 0.6 is 0 Å². The summed E-state index contributed by atoms with van der Waals surface area (Å²) < 4.78 is 71.2. The molecule has 0 saturated carbocycles. The Morgan fingerprint density at radius 2 is 0.376 bits per heavy atom. The van der Waals surface area contributed by atoms with E-state index < -0.39 is 20.2 Å². The van der Waals surface area contributed by atoms with Gasteiger partial charge in [-0.1, -0.05) is 449 Å². The van der Waals surface area contributed by atoms with Crippen molar-refractivity contribution in [2.45, 2.75) is 474 Å². The normalized spacial score (nSPS) is 11.9. The van der Waals surface area contributed by atoms with E-state index in [4.69, 9.17) is 0 Å². The van der Waals surface area contributed by atoms with E-state index in [-0.39, 0.29) is 58.7 Å². The maximum Gasteiger partial charge on any atom is 2.00 e. The minimum atomic E-state index is -4.47. The molecule has 9 heteroatoms. The van der Waals surface area contributed by atoms with Crippen LogP contribution in [0, 0.1) is 0 Å². The molecule has 0 unspecified atom stereocenters. The van der Waals surface area contributed by atoms with Crippen LogP contribution in [0.1, 0.15) is 461 Å². The number of hydrogen-bond acceptors (Lipinski definition) is 6. The van der Waals surface area contributed by atoms with Gasteiger partial charge in [0.15, 0.2) is 0 Å². The number of rotatable bonds is 70. The Bertz CT molecular complexity index is 2570. The average molecular weight is 1560 g/mol. The number of hydrogen-bond donors (Lipinski definition) is 0. The quantitative estimate of drug-likeness (QED) is 0.0247. The summed E-state index contributed by atoms with van der Waals surface area (Å²) in [5.74, 6) is 0. The van der Waals surface area contributed by atoms with Crippen LogP contribution in [-0.4, -0.2) is 74.8 Å². The van der Waals surface area contributed by atoms with Crippen LogP contribution in [0.3, 0.4) is 0 Å². The van der Waals surface area contributed by atoms with Gasteiger partial charge in [-0.2, -0.15) is 0 Å². The van der Waals surface area contributed by atoms with Gasteiger partial charge in [-0.3, -0.25) is 0 Å². The second-order valence-electron chi connectivity index (χ2n) is 31.3. The van der Waals surface area contributed by atoms with Gasteiger partial charge >= 0.3 is 48.9 Å². The van der Waals surface area contributed by atoms with Gasteiger partial charge < -0.3 is 9.11 Å². The summed E-state index contributed by atoms with van der Waals surface area (Å²) in [6, 6.07) is 18.6. The van der Waals surface area contributed by atoms with Crippen LogP contribution in [0.2, 0.25) is 0 Å². The Hall–Kier alpha value is -1.21. The van der Waals surface area contributed by atoms with E-state index in [1.165, 1.54) is 432 Å². The Morgan fingerprint density at radius 3 is 0.554 bits per heavy atom. The third-order valence-electron chi connectivity index (χ3n) is 22.1. The van der Waals surface area contributed by atoms with Gasteiger partial charge in [-0.05, 0) is 119 Å². The molecule has 0 fully saturated rings. The molecule has 101 heavy (non-hydrogen) atoms. The Balaban J connectivity index is 0.000000680. The summed E-state index contributed by atoms with van der Waals surface area (Å²) in [7, 11) is -8.94. The van der Waals surface area contributed by atoms with E-state index >= 15 is 0 Å². The zero-order chi connectivity index (χ0) is 71.9. The molecule has 0 radical (unpaired) electrons. The first-order chi connectivity index (χ1) is 48.9. The van der Waals surface area contributed by atoms with Gasteiger partial charge in [-0.25, -0.2) is 16.8 Å². The molecular formula is C92H158BaO6S2. The van der Waals surface area contributed by atoms with E-state index in [0.717, 1.165) is 60.1 Å². The van der Waals surface area contributed by atoms with Crippen LogP contribution in [-0.2, 0) is 45.9 Å². The van der Waals surface area contributed by atoms with Crippen molar-refractivity contribution in [1.29, 1.82) is 0 Å². The maximum absolute atomic E-state index is 11.9. The molecule has 0 aromatic heterocycles. The second kappa shape index (κ2) is 67.0. The summed E-state index contributed by atoms with van der Waals surface area (Å²) in [6.07, 6.45) is 91.3. The molecule has 0 aliphatic carbocycles. The van der Waals surface area contributed by atoms with Crippen LogP contribution in [0.5, 0.6) is 0 Å². The molecule has 0 bridgehead atoms. The van der Waals surface area contributed by atoms with Crippen LogP contribution in [0.25, 0.3) is 21.5 Å². The monoisotopic (exact) mass is 1560 g/mol. The van der Waals surface area contributed by atoms with E-state index in [9.17, 15) is 25.9 Å². The predicted octanol–water partition coefficient (Wildman–Crippen LogP) is 30.3. The first-order valence-electron chi connectivity index (χ1n) is 43.9. The number of aryl methyl sites for hydroxylation is 4. The van der Waals surface area contributed by atoms with Gasteiger partial charge in [0.1, 0.15) is 20.2 Å². The molecule has 0 aliphatic rings. The summed E-state index contributed by atoms with van der Waals surface area (Å²) in [5.41, 5.74) is 5.26. The summed E-state index contributed by atoms with van der Waals surface area (Å²) in [4.78, 5) is -0.199. The molecule has 4 aromatic rings. The van der Waals surface area contributed by atoms with Crippen LogP contribution in [0.15, 0.2) is 70.5 Å². The van der Waals surface area contributed by atoms with E-state index in [1.807, 2.05) is 12.1 Å². The zero-order valence-corrected chi connectivity index (χ0v) is 72.9. The fraction of sp³-hybridized carbons (Fsp3) is 0.783. The average Bonchev–Trinajstić information content (AvgIpc) is 0.796. The van der Waals surface area contributed by atoms with Crippen LogP contribution < -0.4 is 0 Å². The van der Waals surface area contributed by atoms with Gasteiger partial charge in [0.2, 0.25) is 0 Å². The number of benzene rings is 4. The molecule has 0 atom stereocenters. The van der Waals surface area contributed by atoms with E-state index in [1.54, 1.807) is 12.1 Å². The minimum Gasteiger partial charge on any atom is -0.744 e. The minimum absolute atomic E-state index is 0. The summed E-state index contributed by atoms with van der Waals surface area (Å²) >= 11 is 0. The predicted molar refractivity (Wildman–Crippen MR) is 443 cm³/mol. The van der Waals surface area contributed by atoms with Crippen molar-refractivity contribution < 1.29 is 25.9 Å². The Morgan fingerprint density at radius 1 is 0.218 bits per heavy atom. The van der Waals surface area contributed by atoms with Crippen LogP contribution in [0.4, 0.5) is 0 Å². The van der Waals surface area contributed by atoms with Crippen molar-refractivity contribution >= 4 is 90.7 Å². The molecule has 4 rings (SSSR count). The SMILES string of the molecule is CCCCCCCCCCCCCCCCCCc1ccc2ccc(S(=O)(=O)[O-])cc2c1CCCCCCCCCCCCCCCCCC.CCCCCCCCCCCCCCCCCCc1ccc2ccc(S(=O)(=O)[O-])cc2c1CCCCCCCCCCCCCCCCCC.[Ba+2]. The second-order valence-corrected chi connectivity index (χ2v) is 34.1. The van der Waals surface area contributed by atoms with Gasteiger partial charge in [-0.15, -0.1) is 0 Å². The molecule has 0 spiro atoms.